The van der Waals surface area contributed by atoms with Crippen LogP contribution in [0.15, 0.2) is 47.8 Å². The van der Waals surface area contributed by atoms with Gasteiger partial charge in [-0.25, -0.2) is 0 Å². The van der Waals surface area contributed by atoms with Crippen molar-refractivity contribution in [1.82, 2.24) is 10.2 Å². The number of hydrogen-bond acceptors (Lipinski definition) is 4. The van der Waals surface area contributed by atoms with Gasteiger partial charge in [0.15, 0.2) is 5.82 Å². The Labute approximate surface area is 143 Å². The summed E-state index contributed by atoms with van der Waals surface area (Å²) in [6.45, 7) is 1.04. The molecule has 1 amide bonds. The number of thiophene rings is 1. The van der Waals surface area contributed by atoms with Gasteiger partial charge >= 0.3 is 0 Å². The number of nitrogens with one attached hydrogen (secondary N) is 2. The number of fused-ring (bicyclic) bond motifs is 1. The number of benzene rings is 1. The summed E-state index contributed by atoms with van der Waals surface area (Å²) in [4.78, 5) is 13.1. The minimum absolute atomic E-state index is 0.00770. The topological polar surface area (TPSA) is 67.0 Å². The Bertz CT molecular complexity index is 827. The number of aromatic amines is 1. The lowest BCUT2D eigenvalue weighted by Gasteiger charge is -2.22. The van der Waals surface area contributed by atoms with Gasteiger partial charge in [0.05, 0.1) is 23.8 Å². The molecule has 1 aliphatic rings. The number of carbonyl (C=O) groups is 1. The second-order valence-corrected chi connectivity index (χ2v) is 6.74. The SMILES string of the molecule is O=C1CC(COCc2ccccc2)c2c(n[nH]c2-c2cccs2)N1. The highest BCUT2D eigenvalue weighted by Gasteiger charge is 2.31. The zero-order chi connectivity index (χ0) is 16.4. The first-order chi connectivity index (χ1) is 11.8. The van der Waals surface area contributed by atoms with Crippen LogP contribution >= 0.6 is 11.3 Å². The molecule has 3 aromatic rings. The fourth-order valence-electron chi connectivity index (χ4n) is 3.00. The van der Waals surface area contributed by atoms with Crippen LogP contribution in [0.5, 0.6) is 0 Å². The van der Waals surface area contributed by atoms with E-state index in [9.17, 15) is 4.79 Å². The molecular weight excluding hydrogens is 322 g/mol. The number of ether oxygens (including phenoxy) is 1. The molecule has 0 spiro atoms. The summed E-state index contributed by atoms with van der Waals surface area (Å²) in [6.07, 6.45) is 0.416. The molecule has 0 saturated carbocycles. The molecule has 1 unspecified atom stereocenters. The fraction of sp³-hybridized carbons (Fsp3) is 0.222. The normalized spacial score (nSPS) is 16.7. The molecule has 1 aromatic carbocycles. The van der Waals surface area contributed by atoms with Crippen molar-refractivity contribution in [2.45, 2.75) is 18.9 Å². The minimum Gasteiger partial charge on any atom is -0.376 e. The molecule has 0 bridgehead atoms. The predicted octanol–water partition coefficient (Wildman–Crippen LogP) is 3.78. The smallest absolute Gasteiger partial charge is 0.226 e. The Morgan fingerprint density at radius 1 is 1.21 bits per heavy atom. The quantitative estimate of drug-likeness (QED) is 0.743. The molecule has 1 atom stereocenters. The lowest BCUT2D eigenvalue weighted by atomic mass is 9.92. The first-order valence-electron chi connectivity index (χ1n) is 7.85. The van der Waals surface area contributed by atoms with E-state index in [1.165, 1.54) is 0 Å². The molecule has 0 saturated heterocycles. The third kappa shape index (κ3) is 2.98. The van der Waals surface area contributed by atoms with Crippen molar-refractivity contribution in [2.75, 3.05) is 11.9 Å². The van der Waals surface area contributed by atoms with Gasteiger partial charge in [0.25, 0.3) is 0 Å². The molecule has 0 radical (unpaired) electrons. The summed E-state index contributed by atoms with van der Waals surface area (Å²) in [5, 5.41) is 12.2. The van der Waals surface area contributed by atoms with Gasteiger partial charge in [-0.2, -0.15) is 5.10 Å². The van der Waals surface area contributed by atoms with Crippen LogP contribution in [0.1, 0.15) is 23.5 Å². The van der Waals surface area contributed by atoms with E-state index in [0.717, 1.165) is 21.7 Å². The maximum atomic E-state index is 11.9. The Hall–Kier alpha value is -2.44. The average molecular weight is 339 g/mol. The molecule has 2 N–H and O–H groups in total. The van der Waals surface area contributed by atoms with Crippen LogP contribution < -0.4 is 5.32 Å². The Balaban J connectivity index is 1.54. The Morgan fingerprint density at radius 3 is 2.88 bits per heavy atom. The number of anilines is 1. The van der Waals surface area contributed by atoms with Crippen molar-refractivity contribution >= 4 is 23.1 Å². The molecule has 0 aliphatic carbocycles. The van der Waals surface area contributed by atoms with E-state index in [1.807, 2.05) is 41.8 Å². The second kappa shape index (κ2) is 6.59. The van der Waals surface area contributed by atoms with Crippen LogP contribution in [-0.2, 0) is 16.1 Å². The number of nitrogens with zero attached hydrogens (tertiary/aromatic N) is 1. The maximum Gasteiger partial charge on any atom is 0.226 e. The number of amides is 1. The van der Waals surface area contributed by atoms with Crippen LogP contribution in [0.3, 0.4) is 0 Å². The summed E-state index contributed by atoms with van der Waals surface area (Å²) in [5.41, 5.74) is 3.15. The first kappa shape index (κ1) is 15.1. The highest BCUT2D eigenvalue weighted by Crippen LogP contribution is 2.39. The van der Waals surface area contributed by atoms with Gasteiger partial charge in [0.1, 0.15) is 0 Å². The van der Waals surface area contributed by atoms with E-state index in [2.05, 4.69) is 21.6 Å². The van der Waals surface area contributed by atoms with Crippen LogP contribution in [0.25, 0.3) is 10.6 Å². The number of carbonyl (C=O) groups excluding carboxylic acids is 1. The molecule has 2 aromatic heterocycles. The largest absolute Gasteiger partial charge is 0.376 e. The molecule has 3 heterocycles. The van der Waals surface area contributed by atoms with Crippen molar-refractivity contribution in [1.29, 1.82) is 0 Å². The van der Waals surface area contributed by atoms with Crippen LogP contribution in [0, 0.1) is 0 Å². The summed E-state index contributed by atoms with van der Waals surface area (Å²) >= 11 is 1.65. The molecule has 0 fully saturated rings. The van der Waals surface area contributed by atoms with Crippen molar-refractivity contribution in [3.63, 3.8) is 0 Å². The predicted molar refractivity (Wildman–Crippen MR) is 94.0 cm³/mol. The van der Waals surface area contributed by atoms with Gasteiger partial charge in [-0.05, 0) is 17.0 Å². The summed E-state index contributed by atoms with van der Waals surface area (Å²) in [6, 6.07) is 14.1. The van der Waals surface area contributed by atoms with E-state index in [0.29, 0.717) is 25.5 Å². The fourth-order valence-corrected chi connectivity index (χ4v) is 3.73. The molecular formula is C18H17N3O2S. The first-order valence-corrected chi connectivity index (χ1v) is 8.73. The van der Waals surface area contributed by atoms with Crippen LogP contribution in [-0.4, -0.2) is 22.7 Å². The van der Waals surface area contributed by atoms with Gasteiger partial charge in [0, 0.05) is 17.9 Å². The van der Waals surface area contributed by atoms with Gasteiger partial charge < -0.3 is 10.1 Å². The van der Waals surface area contributed by atoms with Gasteiger partial charge in [-0.1, -0.05) is 36.4 Å². The third-order valence-corrected chi connectivity index (χ3v) is 4.99. The van der Waals surface area contributed by atoms with Gasteiger partial charge in [-0.3, -0.25) is 9.89 Å². The number of hydrogen-bond donors (Lipinski definition) is 2. The minimum atomic E-state index is -0.0139. The molecule has 5 nitrogen and oxygen atoms in total. The van der Waals surface area contributed by atoms with Crippen molar-refractivity contribution in [2.24, 2.45) is 0 Å². The van der Waals surface area contributed by atoms with Crippen molar-refractivity contribution in [3.05, 3.63) is 59.0 Å². The van der Waals surface area contributed by atoms with Crippen LogP contribution in [0.4, 0.5) is 5.82 Å². The summed E-state index contributed by atoms with van der Waals surface area (Å²) < 4.78 is 5.89. The lowest BCUT2D eigenvalue weighted by molar-refractivity contribution is -0.117. The molecule has 122 valence electrons. The molecule has 6 heteroatoms. The average Bonchev–Trinajstić information content (AvgIpc) is 3.24. The molecule has 1 aliphatic heterocycles. The van der Waals surface area contributed by atoms with Crippen molar-refractivity contribution in [3.8, 4) is 10.6 Å². The van der Waals surface area contributed by atoms with E-state index in [-0.39, 0.29) is 11.8 Å². The van der Waals surface area contributed by atoms with E-state index >= 15 is 0 Å². The Kier molecular flexibility index (Phi) is 4.15. The molecule has 4 rings (SSSR count). The molecule has 24 heavy (non-hydrogen) atoms. The van der Waals surface area contributed by atoms with E-state index in [1.54, 1.807) is 11.3 Å². The Morgan fingerprint density at radius 2 is 2.08 bits per heavy atom. The van der Waals surface area contributed by atoms with Gasteiger partial charge in [0.2, 0.25) is 5.91 Å². The summed E-state index contributed by atoms with van der Waals surface area (Å²) in [5.74, 6) is 0.622. The number of H-pyrrole nitrogens is 1. The van der Waals surface area contributed by atoms with Crippen LogP contribution in [0.2, 0.25) is 0 Å². The second-order valence-electron chi connectivity index (χ2n) is 5.79. The van der Waals surface area contributed by atoms with Crippen molar-refractivity contribution < 1.29 is 9.53 Å². The zero-order valence-electron chi connectivity index (χ0n) is 13.0. The van der Waals surface area contributed by atoms with E-state index < -0.39 is 0 Å². The lowest BCUT2D eigenvalue weighted by Crippen LogP contribution is -2.25. The highest BCUT2D eigenvalue weighted by molar-refractivity contribution is 7.13. The monoisotopic (exact) mass is 339 g/mol. The van der Waals surface area contributed by atoms with Gasteiger partial charge in [-0.15, -0.1) is 11.3 Å². The number of rotatable bonds is 5. The zero-order valence-corrected chi connectivity index (χ0v) is 13.8. The number of aromatic nitrogens is 2. The highest BCUT2D eigenvalue weighted by atomic mass is 32.1. The van der Waals surface area contributed by atoms with E-state index in [4.69, 9.17) is 4.74 Å². The summed E-state index contributed by atoms with van der Waals surface area (Å²) in [7, 11) is 0. The third-order valence-electron chi connectivity index (χ3n) is 4.10. The standard InChI is InChI=1S/C18H17N3O2S/c22-15-9-13(11-23-10-12-5-2-1-3-6-12)16-17(14-7-4-8-24-14)20-21-18(16)19-15/h1-8,13H,9-11H2,(H2,19,20,21,22). The maximum absolute atomic E-state index is 11.9.